The first-order valence-corrected chi connectivity index (χ1v) is 5.06. The molecule has 0 fully saturated rings. The van der Waals surface area contributed by atoms with E-state index < -0.39 is 11.6 Å². The van der Waals surface area contributed by atoms with E-state index in [2.05, 4.69) is 4.98 Å². The standard InChI is InChI=1S/C12H11F2NO2/c1-7-12(15-8(2)17-7)6-16-11-4-9(13)3-10(14)5-11/h3-5H,6H2,1-2H3. The lowest BCUT2D eigenvalue weighted by Gasteiger charge is -2.04. The van der Waals surface area contributed by atoms with Crippen LogP contribution in [0.4, 0.5) is 8.78 Å². The van der Waals surface area contributed by atoms with E-state index in [9.17, 15) is 8.78 Å². The lowest BCUT2D eigenvalue weighted by molar-refractivity contribution is 0.296. The van der Waals surface area contributed by atoms with E-state index in [4.69, 9.17) is 9.15 Å². The third kappa shape index (κ3) is 2.81. The van der Waals surface area contributed by atoms with E-state index in [1.807, 2.05) is 0 Å². The van der Waals surface area contributed by atoms with Crippen LogP contribution >= 0.6 is 0 Å². The Bertz CT molecular complexity index is 517. The summed E-state index contributed by atoms with van der Waals surface area (Å²) < 4.78 is 36.2. The number of rotatable bonds is 3. The average molecular weight is 239 g/mol. The van der Waals surface area contributed by atoms with Crippen molar-refractivity contribution in [2.75, 3.05) is 0 Å². The average Bonchev–Trinajstić information content (AvgIpc) is 2.53. The molecule has 2 aromatic rings. The number of halogens is 2. The third-order valence-corrected chi connectivity index (χ3v) is 2.21. The van der Waals surface area contributed by atoms with Crippen molar-refractivity contribution in [3.05, 3.63) is 47.2 Å². The topological polar surface area (TPSA) is 35.3 Å². The molecule has 0 saturated carbocycles. The van der Waals surface area contributed by atoms with Crippen molar-refractivity contribution in [1.82, 2.24) is 4.98 Å². The molecule has 1 heterocycles. The van der Waals surface area contributed by atoms with Gasteiger partial charge in [-0.05, 0) is 6.92 Å². The zero-order valence-electron chi connectivity index (χ0n) is 9.46. The lowest BCUT2D eigenvalue weighted by atomic mass is 10.3. The Labute approximate surface area is 97.0 Å². The largest absolute Gasteiger partial charge is 0.487 e. The van der Waals surface area contributed by atoms with Crippen LogP contribution in [0.5, 0.6) is 5.75 Å². The minimum atomic E-state index is -0.673. The molecule has 0 unspecified atom stereocenters. The van der Waals surface area contributed by atoms with Gasteiger partial charge in [-0.15, -0.1) is 0 Å². The number of hydrogen-bond donors (Lipinski definition) is 0. The van der Waals surface area contributed by atoms with E-state index in [-0.39, 0.29) is 12.4 Å². The summed E-state index contributed by atoms with van der Waals surface area (Å²) in [7, 11) is 0. The SMILES string of the molecule is Cc1nc(COc2cc(F)cc(F)c2)c(C)o1. The normalized spacial score (nSPS) is 10.6. The molecule has 0 atom stereocenters. The van der Waals surface area contributed by atoms with E-state index >= 15 is 0 Å². The maximum absolute atomic E-state index is 12.9. The van der Waals surface area contributed by atoms with Gasteiger partial charge in [-0.25, -0.2) is 13.8 Å². The van der Waals surface area contributed by atoms with Crippen LogP contribution in [-0.2, 0) is 6.61 Å². The van der Waals surface area contributed by atoms with Crippen LogP contribution in [0.3, 0.4) is 0 Å². The Morgan fingerprint density at radius 2 is 1.82 bits per heavy atom. The maximum atomic E-state index is 12.9. The number of ether oxygens (including phenoxy) is 1. The van der Waals surface area contributed by atoms with Gasteiger partial charge in [-0.2, -0.15) is 0 Å². The summed E-state index contributed by atoms with van der Waals surface area (Å²) in [6.07, 6.45) is 0. The zero-order chi connectivity index (χ0) is 12.4. The van der Waals surface area contributed by atoms with Gasteiger partial charge in [0.1, 0.15) is 35.4 Å². The van der Waals surface area contributed by atoms with Crippen molar-refractivity contribution in [2.24, 2.45) is 0 Å². The molecule has 0 aliphatic rings. The van der Waals surface area contributed by atoms with Crippen molar-refractivity contribution in [3.8, 4) is 5.75 Å². The van der Waals surface area contributed by atoms with E-state index in [1.165, 1.54) is 0 Å². The highest BCUT2D eigenvalue weighted by molar-refractivity contribution is 5.24. The maximum Gasteiger partial charge on any atom is 0.191 e. The Hall–Kier alpha value is -1.91. The number of aromatic nitrogens is 1. The highest BCUT2D eigenvalue weighted by atomic mass is 19.1. The number of hydrogen-bond acceptors (Lipinski definition) is 3. The van der Waals surface area contributed by atoms with Crippen LogP contribution in [0, 0.1) is 25.5 Å². The van der Waals surface area contributed by atoms with E-state index in [1.54, 1.807) is 13.8 Å². The molecule has 0 bridgehead atoms. The fourth-order valence-corrected chi connectivity index (χ4v) is 1.47. The minimum absolute atomic E-state index is 0.117. The van der Waals surface area contributed by atoms with Gasteiger partial charge in [0.25, 0.3) is 0 Å². The fourth-order valence-electron chi connectivity index (χ4n) is 1.47. The fraction of sp³-hybridized carbons (Fsp3) is 0.250. The van der Waals surface area contributed by atoms with Gasteiger partial charge >= 0.3 is 0 Å². The molecule has 0 saturated heterocycles. The third-order valence-electron chi connectivity index (χ3n) is 2.21. The summed E-state index contributed by atoms with van der Waals surface area (Å²) in [4.78, 5) is 4.09. The van der Waals surface area contributed by atoms with E-state index in [0.717, 1.165) is 18.2 Å². The molecule has 0 aliphatic carbocycles. The summed E-state index contributed by atoms with van der Waals surface area (Å²) in [5.74, 6) is -0.0467. The molecule has 2 rings (SSSR count). The Kier molecular flexibility index (Phi) is 3.08. The molecular formula is C12H11F2NO2. The molecule has 1 aromatic carbocycles. The first-order valence-electron chi connectivity index (χ1n) is 5.06. The smallest absolute Gasteiger partial charge is 0.191 e. The quantitative estimate of drug-likeness (QED) is 0.825. The number of nitrogens with zero attached hydrogens (tertiary/aromatic N) is 1. The van der Waals surface area contributed by atoms with Gasteiger partial charge in [-0.3, -0.25) is 0 Å². The van der Waals surface area contributed by atoms with Gasteiger partial charge in [0.05, 0.1) is 0 Å². The summed E-state index contributed by atoms with van der Waals surface area (Å²) in [5.41, 5.74) is 0.618. The first-order chi connectivity index (χ1) is 8.04. The summed E-state index contributed by atoms with van der Waals surface area (Å²) >= 11 is 0. The second kappa shape index (κ2) is 4.53. The van der Waals surface area contributed by atoms with Crippen LogP contribution in [0.2, 0.25) is 0 Å². The number of benzene rings is 1. The molecule has 1 aromatic heterocycles. The molecule has 0 radical (unpaired) electrons. The predicted octanol–water partition coefficient (Wildman–Crippen LogP) is 3.15. The van der Waals surface area contributed by atoms with Crippen molar-refractivity contribution in [3.63, 3.8) is 0 Å². The predicted molar refractivity (Wildman–Crippen MR) is 56.7 cm³/mol. The van der Waals surface area contributed by atoms with Gasteiger partial charge in [0.2, 0.25) is 0 Å². The van der Waals surface area contributed by atoms with Crippen molar-refractivity contribution < 1.29 is 17.9 Å². The highest BCUT2D eigenvalue weighted by Gasteiger charge is 2.08. The molecule has 0 spiro atoms. The number of aryl methyl sites for hydroxylation is 2. The summed E-state index contributed by atoms with van der Waals surface area (Å²) in [6, 6.07) is 3.02. The van der Waals surface area contributed by atoms with Gasteiger partial charge in [0.15, 0.2) is 5.89 Å². The van der Waals surface area contributed by atoms with Crippen LogP contribution < -0.4 is 4.74 Å². The first kappa shape index (κ1) is 11.6. The molecule has 0 aliphatic heterocycles. The molecule has 5 heteroatoms. The second-order valence-electron chi connectivity index (χ2n) is 3.63. The summed E-state index contributed by atoms with van der Waals surface area (Å²) in [5, 5.41) is 0. The van der Waals surface area contributed by atoms with Gasteiger partial charge < -0.3 is 9.15 Å². The minimum Gasteiger partial charge on any atom is -0.487 e. The molecule has 0 amide bonds. The van der Waals surface area contributed by atoms with Crippen molar-refractivity contribution >= 4 is 0 Å². The highest BCUT2D eigenvalue weighted by Crippen LogP contribution is 2.18. The Morgan fingerprint density at radius 1 is 1.18 bits per heavy atom. The van der Waals surface area contributed by atoms with Gasteiger partial charge in [-0.1, -0.05) is 0 Å². The van der Waals surface area contributed by atoms with Crippen LogP contribution in [0.1, 0.15) is 17.3 Å². The molecule has 90 valence electrons. The van der Waals surface area contributed by atoms with Crippen molar-refractivity contribution in [2.45, 2.75) is 20.5 Å². The lowest BCUT2D eigenvalue weighted by Crippen LogP contribution is -1.98. The van der Waals surface area contributed by atoms with Crippen molar-refractivity contribution in [1.29, 1.82) is 0 Å². The van der Waals surface area contributed by atoms with Gasteiger partial charge in [0, 0.05) is 25.1 Å². The Morgan fingerprint density at radius 3 is 2.35 bits per heavy atom. The molecule has 0 N–H and O–H groups in total. The monoisotopic (exact) mass is 239 g/mol. The molecular weight excluding hydrogens is 228 g/mol. The van der Waals surface area contributed by atoms with Crippen LogP contribution in [-0.4, -0.2) is 4.98 Å². The summed E-state index contributed by atoms with van der Waals surface area (Å²) in [6.45, 7) is 3.59. The Balaban J connectivity index is 2.09. The van der Waals surface area contributed by atoms with Crippen LogP contribution in [0.25, 0.3) is 0 Å². The molecule has 17 heavy (non-hydrogen) atoms. The second-order valence-corrected chi connectivity index (χ2v) is 3.63. The van der Waals surface area contributed by atoms with E-state index in [0.29, 0.717) is 17.3 Å². The molecule has 3 nitrogen and oxygen atoms in total. The number of oxazole rings is 1. The van der Waals surface area contributed by atoms with Crippen LogP contribution in [0.15, 0.2) is 22.6 Å². The zero-order valence-corrected chi connectivity index (χ0v) is 9.46.